The molecule has 4 N–H and O–H groups in total. The third kappa shape index (κ3) is 4.35. The molecular weight excluding hydrogens is 308 g/mol. The van der Waals surface area contributed by atoms with Crippen LogP contribution in [0.3, 0.4) is 0 Å². The number of nitrogens with two attached hydrogens (primary N) is 1. The number of nitrogens with zero attached hydrogens (tertiary/aromatic N) is 3. The minimum Gasteiger partial charge on any atom is -0.455 e. The lowest BCUT2D eigenvalue weighted by atomic mass is 9.99. The summed E-state index contributed by atoms with van der Waals surface area (Å²) in [5, 5.41) is 9.25. The lowest BCUT2D eigenvalue weighted by Gasteiger charge is -2.29. The Morgan fingerprint density at radius 3 is 2.96 bits per heavy atom. The predicted octanol–water partition coefficient (Wildman–Crippen LogP) is 1.18. The smallest absolute Gasteiger partial charge is 0.287 e. The van der Waals surface area contributed by atoms with Crippen molar-refractivity contribution in [2.75, 3.05) is 25.4 Å². The largest absolute Gasteiger partial charge is 0.455 e. The van der Waals surface area contributed by atoms with E-state index in [1.54, 1.807) is 6.07 Å². The number of H-pyrrole nitrogens is 1. The lowest BCUT2D eigenvalue weighted by Crippen LogP contribution is -2.32. The van der Waals surface area contributed by atoms with Gasteiger partial charge in [-0.2, -0.15) is 4.98 Å². The Morgan fingerprint density at radius 2 is 2.25 bits per heavy atom. The van der Waals surface area contributed by atoms with Crippen LogP contribution in [-0.4, -0.2) is 45.6 Å². The van der Waals surface area contributed by atoms with Crippen LogP contribution in [0.1, 0.15) is 41.9 Å². The van der Waals surface area contributed by atoms with Crippen molar-refractivity contribution in [2.45, 2.75) is 32.7 Å². The molecule has 2 aromatic rings. The molecule has 8 heteroatoms. The van der Waals surface area contributed by atoms with Gasteiger partial charge in [-0.3, -0.25) is 14.8 Å². The summed E-state index contributed by atoms with van der Waals surface area (Å²) in [6.07, 6.45) is 2.98. The van der Waals surface area contributed by atoms with Crippen molar-refractivity contribution < 1.29 is 9.21 Å². The number of nitrogen functional groups attached to an aromatic ring is 1. The summed E-state index contributed by atoms with van der Waals surface area (Å²) in [4.78, 5) is 18.5. The van der Waals surface area contributed by atoms with E-state index in [0.29, 0.717) is 24.6 Å². The standard InChI is InChI=1S/C16H24N6O2/c1-11-5-8-22(9-6-11)10-12-2-3-13(24-12)15(23)18-7-4-14-19-16(17)21-20-14/h2-3,11H,4-10H2,1H3,(H,18,23)(H3,17,19,20,21). The van der Waals surface area contributed by atoms with Crippen LogP contribution in [0.2, 0.25) is 0 Å². The Hall–Kier alpha value is -2.35. The highest BCUT2D eigenvalue weighted by Crippen LogP contribution is 2.19. The summed E-state index contributed by atoms with van der Waals surface area (Å²) >= 11 is 0. The van der Waals surface area contributed by atoms with E-state index in [1.165, 1.54) is 12.8 Å². The lowest BCUT2D eigenvalue weighted by molar-refractivity contribution is 0.0921. The summed E-state index contributed by atoms with van der Waals surface area (Å²) in [6.45, 7) is 5.66. The van der Waals surface area contributed by atoms with Crippen LogP contribution in [0.4, 0.5) is 5.95 Å². The number of rotatable bonds is 6. The van der Waals surface area contributed by atoms with Crippen molar-refractivity contribution in [3.05, 3.63) is 29.5 Å². The second-order valence-electron chi connectivity index (χ2n) is 6.37. The fourth-order valence-corrected chi connectivity index (χ4v) is 2.83. The van der Waals surface area contributed by atoms with Crippen molar-refractivity contribution in [3.63, 3.8) is 0 Å². The first kappa shape index (κ1) is 16.5. The molecule has 1 aliphatic rings. The Bertz CT molecular complexity index is 672. The van der Waals surface area contributed by atoms with Crippen molar-refractivity contribution in [1.82, 2.24) is 25.4 Å². The minimum atomic E-state index is -0.221. The number of anilines is 1. The minimum absolute atomic E-state index is 0.208. The number of aromatic nitrogens is 3. The molecule has 130 valence electrons. The van der Waals surface area contributed by atoms with Crippen molar-refractivity contribution in [1.29, 1.82) is 0 Å². The zero-order chi connectivity index (χ0) is 16.9. The first-order valence-corrected chi connectivity index (χ1v) is 8.36. The van der Waals surface area contributed by atoms with Crippen molar-refractivity contribution >= 4 is 11.9 Å². The van der Waals surface area contributed by atoms with E-state index in [9.17, 15) is 4.79 Å². The number of amides is 1. The van der Waals surface area contributed by atoms with Crippen LogP contribution in [-0.2, 0) is 13.0 Å². The molecule has 0 atom stereocenters. The molecule has 3 rings (SSSR count). The van der Waals surface area contributed by atoms with Gasteiger partial charge < -0.3 is 15.5 Å². The van der Waals surface area contributed by atoms with E-state index in [1.807, 2.05) is 6.07 Å². The molecule has 3 heterocycles. The fraction of sp³-hybridized carbons (Fsp3) is 0.562. The number of carbonyl (C=O) groups excluding carboxylic acids is 1. The number of piperidine rings is 1. The van der Waals surface area contributed by atoms with Gasteiger partial charge in [-0.25, -0.2) is 0 Å². The Kier molecular flexibility index (Phi) is 5.14. The number of hydrogen-bond acceptors (Lipinski definition) is 6. The van der Waals surface area contributed by atoms with Crippen LogP contribution in [0, 0.1) is 5.92 Å². The van der Waals surface area contributed by atoms with Crippen molar-refractivity contribution in [3.8, 4) is 0 Å². The van der Waals surface area contributed by atoms with E-state index in [-0.39, 0.29) is 11.9 Å². The molecule has 24 heavy (non-hydrogen) atoms. The summed E-state index contributed by atoms with van der Waals surface area (Å²) in [5.41, 5.74) is 5.43. The number of likely N-dealkylation sites (tertiary alicyclic amines) is 1. The summed E-state index contributed by atoms with van der Waals surface area (Å²) in [5.74, 6) is 2.61. The third-order valence-corrected chi connectivity index (χ3v) is 4.34. The van der Waals surface area contributed by atoms with Gasteiger partial charge in [0.25, 0.3) is 5.91 Å². The van der Waals surface area contributed by atoms with Crippen LogP contribution in [0.25, 0.3) is 0 Å². The second kappa shape index (κ2) is 7.48. The molecular formula is C16H24N6O2. The molecule has 0 unspecified atom stereocenters. The van der Waals surface area contributed by atoms with Gasteiger partial charge in [-0.1, -0.05) is 6.92 Å². The van der Waals surface area contributed by atoms with Crippen LogP contribution in [0.5, 0.6) is 0 Å². The number of hydrogen-bond donors (Lipinski definition) is 3. The Labute approximate surface area is 140 Å². The van der Waals surface area contributed by atoms with Crippen LogP contribution >= 0.6 is 0 Å². The van der Waals surface area contributed by atoms with Crippen LogP contribution in [0.15, 0.2) is 16.5 Å². The average Bonchev–Trinajstić information content (AvgIpc) is 3.19. The summed E-state index contributed by atoms with van der Waals surface area (Å²) in [6, 6.07) is 3.60. The quantitative estimate of drug-likeness (QED) is 0.732. The van der Waals surface area contributed by atoms with Gasteiger partial charge in [0.15, 0.2) is 5.76 Å². The van der Waals surface area contributed by atoms with Gasteiger partial charge >= 0.3 is 0 Å². The SMILES string of the molecule is CC1CCN(Cc2ccc(C(=O)NCCc3nc(N)n[nH]3)o2)CC1. The maximum atomic E-state index is 12.1. The van der Waals surface area contributed by atoms with E-state index in [0.717, 1.165) is 31.3 Å². The Morgan fingerprint density at radius 1 is 1.46 bits per heavy atom. The van der Waals surface area contributed by atoms with Gasteiger partial charge in [0.2, 0.25) is 5.95 Å². The van der Waals surface area contributed by atoms with E-state index in [4.69, 9.17) is 10.2 Å². The zero-order valence-corrected chi connectivity index (χ0v) is 13.9. The van der Waals surface area contributed by atoms with E-state index < -0.39 is 0 Å². The monoisotopic (exact) mass is 332 g/mol. The number of nitrogens with one attached hydrogen (secondary N) is 2. The molecule has 1 saturated heterocycles. The molecule has 8 nitrogen and oxygen atoms in total. The zero-order valence-electron chi connectivity index (χ0n) is 13.9. The van der Waals surface area contributed by atoms with Gasteiger partial charge in [0.05, 0.1) is 6.54 Å². The van der Waals surface area contributed by atoms with Crippen LogP contribution < -0.4 is 11.1 Å². The van der Waals surface area contributed by atoms with Gasteiger partial charge in [-0.05, 0) is 44.0 Å². The average molecular weight is 332 g/mol. The topological polar surface area (TPSA) is 113 Å². The molecule has 1 fully saturated rings. The third-order valence-electron chi connectivity index (χ3n) is 4.34. The molecule has 0 aromatic carbocycles. The molecule has 0 saturated carbocycles. The summed E-state index contributed by atoms with van der Waals surface area (Å²) in [7, 11) is 0. The second-order valence-corrected chi connectivity index (χ2v) is 6.37. The number of aromatic amines is 1. The highest BCUT2D eigenvalue weighted by molar-refractivity contribution is 5.91. The molecule has 0 aliphatic carbocycles. The highest BCUT2D eigenvalue weighted by atomic mass is 16.4. The van der Waals surface area contributed by atoms with Gasteiger partial charge in [0.1, 0.15) is 11.6 Å². The van der Waals surface area contributed by atoms with E-state index in [2.05, 4.69) is 32.3 Å². The first-order valence-electron chi connectivity index (χ1n) is 8.36. The molecule has 1 amide bonds. The molecule has 0 spiro atoms. The molecule has 0 radical (unpaired) electrons. The normalized spacial score (nSPS) is 16.4. The van der Waals surface area contributed by atoms with Gasteiger partial charge in [0, 0.05) is 13.0 Å². The van der Waals surface area contributed by atoms with E-state index >= 15 is 0 Å². The molecule has 2 aromatic heterocycles. The Balaban J connectivity index is 1.45. The highest BCUT2D eigenvalue weighted by Gasteiger charge is 2.18. The summed E-state index contributed by atoms with van der Waals surface area (Å²) < 4.78 is 5.67. The molecule has 0 bridgehead atoms. The predicted molar refractivity (Wildman–Crippen MR) is 89.2 cm³/mol. The molecule has 1 aliphatic heterocycles. The fourth-order valence-electron chi connectivity index (χ4n) is 2.83. The first-order chi connectivity index (χ1) is 11.6. The van der Waals surface area contributed by atoms with Crippen molar-refractivity contribution in [2.24, 2.45) is 5.92 Å². The number of furan rings is 1. The maximum absolute atomic E-state index is 12.1. The maximum Gasteiger partial charge on any atom is 0.287 e. The van der Waals surface area contributed by atoms with Gasteiger partial charge in [-0.15, -0.1) is 5.10 Å². The number of carbonyl (C=O) groups is 1.